The maximum absolute atomic E-state index is 11.4. The summed E-state index contributed by atoms with van der Waals surface area (Å²) in [6, 6.07) is 17.5. The molecular weight excluding hydrogens is 388 g/mol. The fraction of sp³-hybridized carbons (Fsp3) is 0.273. The van der Waals surface area contributed by atoms with Gasteiger partial charge in [-0.3, -0.25) is 4.90 Å². The van der Waals surface area contributed by atoms with Crippen molar-refractivity contribution in [3.05, 3.63) is 71.6 Å². The Morgan fingerprint density at radius 2 is 2.10 bits per heavy atom. The molecule has 2 aromatic carbocycles. The first kappa shape index (κ1) is 19.5. The molecule has 29 heavy (non-hydrogen) atoms. The number of hydrogen-bond acceptors (Lipinski definition) is 6. The Kier molecular flexibility index (Phi) is 5.87. The minimum Gasteiger partial charge on any atom is -0.487 e. The lowest BCUT2D eigenvalue weighted by Crippen LogP contribution is -2.33. The van der Waals surface area contributed by atoms with Crippen molar-refractivity contribution < 1.29 is 19.1 Å². The van der Waals surface area contributed by atoms with Crippen LogP contribution in [0.5, 0.6) is 5.75 Å². The summed E-state index contributed by atoms with van der Waals surface area (Å²) >= 11 is 1.47. The van der Waals surface area contributed by atoms with Gasteiger partial charge in [0.1, 0.15) is 23.8 Å². The summed E-state index contributed by atoms with van der Waals surface area (Å²) in [6.07, 6.45) is 0. The molecule has 3 aromatic rings. The Bertz CT molecular complexity index is 989. The molecule has 0 bridgehead atoms. The Balaban J connectivity index is 1.41. The molecule has 1 aliphatic heterocycles. The van der Waals surface area contributed by atoms with E-state index in [1.165, 1.54) is 11.8 Å². The van der Waals surface area contributed by atoms with E-state index in [-0.39, 0.29) is 0 Å². The summed E-state index contributed by atoms with van der Waals surface area (Å²) in [6.45, 7) is 3.55. The first-order valence-corrected chi connectivity index (χ1v) is 10.5. The SMILES string of the molecule is Cc1oc(-c2ccccc2)nc1COc1cccc(CN2CCSC2C(=O)O)c1. The number of aryl methyl sites for hydroxylation is 1. The number of carboxylic acid groups (broad SMARTS) is 1. The number of ether oxygens (including phenoxy) is 1. The molecule has 6 nitrogen and oxygen atoms in total. The third-order valence-electron chi connectivity index (χ3n) is 4.77. The summed E-state index contributed by atoms with van der Waals surface area (Å²) in [5, 5.41) is 8.86. The van der Waals surface area contributed by atoms with Crippen molar-refractivity contribution in [1.29, 1.82) is 0 Å². The van der Waals surface area contributed by atoms with E-state index in [4.69, 9.17) is 9.15 Å². The zero-order valence-corrected chi connectivity index (χ0v) is 16.9. The number of rotatable bonds is 7. The first-order valence-electron chi connectivity index (χ1n) is 9.42. The summed E-state index contributed by atoms with van der Waals surface area (Å²) in [5.74, 6) is 2.10. The predicted octanol–water partition coefficient (Wildman–Crippen LogP) is 4.19. The van der Waals surface area contributed by atoms with E-state index in [1.54, 1.807) is 0 Å². The number of aliphatic carboxylic acids is 1. The van der Waals surface area contributed by atoms with E-state index in [9.17, 15) is 9.90 Å². The summed E-state index contributed by atoms with van der Waals surface area (Å²) in [4.78, 5) is 17.9. The summed E-state index contributed by atoms with van der Waals surface area (Å²) in [7, 11) is 0. The number of benzene rings is 2. The van der Waals surface area contributed by atoms with Gasteiger partial charge in [-0.25, -0.2) is 9.78 Å². The van der Waals surface area contributed by atoms with Crippen LogP contribution in [0.2, 0.25) is 0 Å². The molecule has 1 aromatic heterocycles. The topological polar surface area (TPSA) is 75.8 Å². The lowest BCUT2D eigenvalue weighted by molar-refractivity contribution is -0.139. The van der Waals surface area contributed by atoms with Gasteiger partial charge < -0.3 is 14.3 Å². The smallest absolute Gasteiger partial charge is 0.331 e. The molecule has 1 unspecified atom stereocenters. The van der Waals surface area contributed by atoms with Crippen LogP contribution in [-0.2, 0) is 17.9 Å². The standard InChI is InChI=1S/C22H22N2O4S/c1-15-19(23-20(28-15)17-7-3-2-4-8-17)14-27-18-9-5-6-16(12-18)13-24-10-11-29-21(24)22(25)26/h2-9,12,21H,10-11,13-14H2,1H3,(H,25,26). The second-order valence-electron chi connectivity index (χ2n) is 6.86. The van der Waals surface area contributed by atoms with Crippen molar-refractivity contribution in [3.63, 3.8) is 0 Å². The van der Waals surface area contributed by atoms with Crippen LogP contribution in [0.4, 0.5) is 0 Å². The van der Waals surface area contributed by atoms with Crippen LogP contribution in [0.25, 0.3) is 11.5 Å². The molecule has 150 valence electrons. The van der Waals surface area contributed by atoms with Crippen LogP contribution >= 0.6 is 11.8 Å². The van der Waals surface area contributed by atoms with Gasteiger partial charge in [-0.2, -0.15) is 0 Å². The Hall–Kier alpha value is -2.77. The van der Waals surface area contributed by atoms with E-state index in [1.807, 2.05) is 66.4 Å². The molecule has 2 heterocycles. The van der Waals surface area contributed by atoms with Crippen LogP contribution in [0.15, 0.2) is 59.0 Å². The van der Waals surface area contributed by atoms with Gasteiger partial charge in [-0.05, 0) is 36.8 Å². The number of oxazole rings is 1. The normalized spacial score (nSPS) is 16.8. The van der Waals surface area contributed by atoms with Gasteiger partial charge in [0.15, 0.2) is 5.37 Å². The minimum atomic E-state index is -0.782. The number of carbonyl (C=O) groups is 1. The quantitative estimate of drug-likeness (QED) is 0.626. The zero-order chi connectivity index (χ0) is 20.2. The monoisotopic (exact) mass is 410 g/mol. The highest BCUT2D eigenvalue weighted by Crippen LogP contribution is 2.27. The first-order chi connectivity index (χ1) is 14.1. The fourth-order valence-electron chi connectivity index (χ4n) is 3.28. The number of carboxylic acids is 1. The van der Waals surface area contributed by atoms with Gasteiger partial charge in [-0.15, -0.1) is 11.8 Å². The maximum Gasteiger partial charge on any atom is 0.331 e. The summed E-state index contributed by atoms with van der Waals surface area (Å²) in [5.41, 5.74) is 2.72. The molecule has 4 rings (SSSR count). The molecule has 1 aliphatic rings. The highest BCUT2D eigenvalue weighted by molar-refractivity contribution is 8.00. The largest absolute Gasteiger partial charge is 0.487 e. The Labute approximate surface area is 173 Å². The Morgan fingerprint density at radius 3 is 2.90 bits per heavy atom. The maximum atomic E-state index is 11.4. The zero-order valence-electron chi connectivity index (χ0n) is 16.1. The van der Waals surface area contributed by atoms with Gasteiger partial charge >= 0.3 is 5.97 Å². The molecule has 7 heteroatoms. The molecule has 1 N–H and O–H groups in total. The van der Waals surface area contributed by atoms with Crippen LogP contribution in [0.1, 0.15) is 17.0 Å². The van der Waals surface area contributed by atoms with Gasteiger partial charge in [0, 0.05) is 24.4 Å². The number of thioether (sulfide) groups is 1. The van der Waals surface area contributed by atoms with E-state index < -0.39 is 11.3 Å². The van der Waals surface area contributed by atoms with Gasteiger partial charge in [0.2, 0.25) is 5.89 Å². The second kappa shape index (κ2) is 8.71. The number of hydrogen-bond donors (Lipinski definition) is 1. The molecular formula is C22H22N2O4S. The highest BCUT2D eigenvalue weighted by atomic mass is 32.2. The van der Waals surface area contributed by atoms with Crippen molar-refractivity contribution in [3.8, 4) is 17.2 Å². The molecule has 0 radical (unpaired) electrons. The van der Waals surface area contributed by atoms with E-state index in [0.29, 0.717) is 19.0 Å². The molecule has 0 saturated carbocycles. The highest BCUT2D eigenvalue weighted by Gasteiger charge is 2.31. The summed E-state index contributed by atoms with van der Waals surface area (Å²) < 4.78 is 11.7. The van der Waals surface area contributed by atoms with E-state index in [0.717, 1.165) is 40.6 Å². The molecule has 0 amide bonds. The third kappa shape index (κ3) is 4.63. The average molecular weight is 410 g/mol. The minimum absolute atomic E-state index is 0.308. The third-order valence-corrected chi connectivity index (χ3v) is 6.00. The molecule has 0 aliphatic carbocycles. The fourth-order valence-corrected chi connectivity index (χ4v) is 4.38. The van der Waals surface area contributed by atoms with Crippen molar-refractivity contribution in [2.24, 2.45) is 0 Å². The van der Waals surface area contributed by atoms with Crippen molar-refractivity contribution in [2.75, 3.05) is 12.3 Å². The predicted molar refractivity (Wildman–Crippen MR) is 112 cm³/mol. The van der Waals surface area contributed by atoms with Crippen molar-refractivity contribution in [2.45, 2.75) is 25.4 Å². The van der Waals surface area contributed by atoms with E-state index in [2.05, 4.69) is 4.98 Å². The van der Waals surface area contributed by atoms with E-state index >= 15 is 0 Å². The molecule has 1 saturated heterocycles. The van der Waals surface area contributed by atoms with Gasteiger partial charge in [0.05, 0.1) is 0 Å². The lowest BCUT2D eigenvalue weighted by atomic mass is 10.2. The number of nitrogens with zero attached hydrogens (tertiary/aromatic N) is 2. The van der Waals surface area contributed by atoms with Crippen LogP contribution in [-0.4, -0.2) is 38.6 Å². The van der Waals surface area contributed by atoms with Gasteiger partial charge in [0.25, 0.3) is 0 Å². The Morgan fingerprint density at radius 1 is 1.28 bits per heavy atom. The molecule has 1 atom stereocenters. The lowest BCUT2D eigenvalue weighted by Gasteiger charge is -2.20. The average Bonchev–Trinajstić information content (AvgIpc) is 3.34. The van der Waals surface area contributed by atoms with Crippen molar-refractivity contribution >= 4 is 17.7 Å². The molecule has 1 fully saturated rings. The van der Waals surface area contributed by atoms with Crippen LogP contribution in [0, 0.1) is 6.92 Å². The second-order valence-corrected chi connectivity index (χ2v) is 8.04. The van der Waals surface area contributed by atoms with Crippen molar-refractivity contribution in [1.82, 2.24) is 9.88 Å². The number of aromatic nitrogens is 1. The molecule has 0 spiro atoms. The van der Waals surface area contributed by atoms with Gasteiger partial charge in [-0.1, -0.05) is 30.3 Å². The van der Waals surface area contributed by atoms with Crippen LogP contribution in [0.3, 0.4) is 0 Å². The van der Waals surface area contributed by atoms with Crippen LogP contribution < -0.4 is 4.74 Å².